The van der Waals surface area contributed by atoms with E-state index in [0.717, 1.165) is 0 Å². The van der Waals surface area contributed by atoms with Crippen molar-refractivity contribution in [2.75, 3.05) is 0 Å². The van der Waals surface area contributed by atoms with Crippen LogP contribution >= 0.6 is 0 Å². The number of aryl methyl sites for hydroxylation is 1. The minimum Gasteiger partial charge on any atom is -0.476 e. The summed E-state index contributed by atoms with van der Waals surface area (Å²) in [4.78, 5) is 14.5. The molecule has 7 heteroatoms. The van der Waals surface area contributed by atoms with Gasteiger partial charge < -0.3 is 9.63 Å². The number of rotatable bonds is 3. The van der Waals surface area contributed by atoms with Gasteiger partial charge in [0.25, 0.3) is 0 Å². The lowest BCUT2D eigenvalue weighted by Crippen LogP contribution is -2.05. The highest BCUT2D eigenvalue weighted by molar-refractivity contribution is 5.84. The second kappa shape index (κ2) is 3.52. The normalized spacial score (nSPS) is 10.5. The van der Waals surface area contributed by atoms with Gasteiger partial charge in [-0.25, -0.2) is 4.79 Å². The summed E-state index contributed by atoms with van der Waals surface area (Å²) in [5, 5.41) is 16.1. The van der Waals surface area contributed by atoms with Crippen LogP contribution in [-0.2, 0) is 6.54 Å². The Morgan fingerprint density at radius 1 is 1.67 bits per heavy atom. The van der Waals surface area contributed by atoms with Gasteiger partial charge in [-0.3, -0.25) is 4.68 Å². The average molecular weight is 208 g/mol. The summed E-state index contributed by atoms with van der Waals surface area (Å²) in [6, 6.07) is 1.41. The number of carboxylic acid groups (broad SMARTS) is 1. The fourth-order valence-corrected chi connectivity index (χ4v) is 1.11. The lowest BCUT2D eigenvalue weighted by atomic mass is 10.5. The first-order chi connectivity index (χ1) is 7.15. The van der Waals surface area contributed by atoms with E-state index in [0.29, 0.717) is 18.3 Å². The molecule has 2 heterocycles. The van der Waals surface area contributed by atoms with Crippen molar-refractivity contribution in [2.24, 2.45) is 0 Å². The molecule has 0 radical (unpaired) electrons. The zero-order chi connectivity index (χ0) is 10.8. The summed E-state index contributed by atoms with van der Waals surface area (Å²) in [5.74, 6) is -0.124. The Morgan fingerprint density at radius 3 is 3.00 bits per heavy atom. The van der Waals surface area contributed by atoms with Gasteiger partial charge >= 0.3 is 5.97 Å². The number of hydrogen-bond donors (Lipinski definition) is 1. The summed E-state index contributed by atoms with van der Waals surface area (Å²) in [6.45, 7) is 1.98. The van der Waals surface area contributed by atoms with Gasteiger partial charge in [-0.15, -0.1) is 0 Å². The van der Waals surface area contributed by atoms with Crippen molar-refractivity contribution in [3.8, 4) is 0 Å². The van der Waals surface area contributed by atoms with Crippen LogP contribution < -0.4 is 0 Å². The Balaban J connectivity index is 2.14. The molecular formula is C8H8N4O3. The Bertz CT molecular complexity index is 488. The number of carboxylic acids is 1. The molecule has 2 aromatic heterocycles. The molecule has 0 saturated carbocycles. The SMILES string of the molecule is Cc1nc(Cn2ccc(C(=O)O)n2)no1. The van der Waals surface area contributed by atoms with E-state index in [-0.39, 0.29) is 5.69 Å². The van der Waals surface area contributed by atoms with Crippen molar-refractivity contribution in [3.05, 3.63) is 29.7 Å². The van der Waals surface area contributed by atoms with Crippen LogP contribution in [0.2, 0.25) is 0 Å². The van der Waals surface area contributed by atoms with E-state index in [1.807, 2.05) is 0 Å². The molecule has 0 bridgehead atoms. The number of carbonyl (C=O) groups is 1. The molecule has 78 valence electrons. The van der Waals surface area contributed by atoms with Gasteiger partial charge in [0.05, 0.1) is 0 Å². The monoisotopic (exact) mass is 208 g/mol. The Kier molecular flexibility index (Phi) is 2.20. The first kappa shape index (κ1) is 9.38. The molecule has 0 aliphatic heterocycles. The van der Waals surface area contributed by atoms with E-state index in [2.05, 4.69) is 15.2 Å². The smallest absolute Gasteiger partial charge is 0.356 e. The zero-order valence-electron chi connectivity index (χ0n) is 7.91. The summed E-state index contributed by atoms with van der Waals surface area (Å²) in [7, 11) is 0. The topological polar surface area (TPSA) is 94.0 Å². The minimum atomic E-state index is -1.06. The predicted molar refractivity (Wildman–Crippen MR) is 47.3 cm³/mol. The zero-order valence-corrected chi connectivity index (χ0v) is 7.91. The molecule has 0 aromatic carbocycles. The van der Waals surface area contributed by atoms with E-state index < -0.39 is 5.97 Å². The van der Waals surface area contributed by atoms with Gasteiger partial charge in [-0.1, -0.05) is 5.16 Å². The molecule has 7 nitrogen and oxygen atoms in total. The molecule has 0 unspecified atom stereocenters. The Morgan fingerprint density at radius 2 is 2.47 bits per heavy atom. The van der Waals surface area contributed by atoms with Crippen LogP contribution in [0.4, 0.5) is 0 Å². The summed E-state index contributed by atoms with van der Waals surface area (Å²) >= 11 is 0. The maximum absolute atomic E-state index is 10.5. The number of aromatic carboxylic acids is 1. The fraction of sp³-hybridized carbons (Fsp3) is 0.250. The van der Waals surface area contributed by atoms with Crippen molar-refractivity contribution in [3.63, 3.8) is 0 Å². The van der Waals surface area contributed by atoms with E-state index in [1.54, 1.807) is 13.1 Å². The van der Waals surface area contributed by atoms with Crippen molar-refractivity contribution in [1.29, 1.82) is 0 Å². The average Bonchev–Trinajstić information content (AvgIpc) is 2.76. The van der Waals surface area contributed by atoms with Gasteiger partial charge in [0, 0.05) is 13.1 Å². The Labute approximate surface area is 84.3 Å². The molecule has 0 amide bonds. The van der Waals surface area contributed by atoms with Crippen molar-refractivity contribution < 1.29 is 14.4 Å². The van der Waals surface area contributed by atoms with Gasteiger partial charge in [0.1, 0.15) is 6.54 Å². The highest BCUT2D eigenvalue weighted by atomic mass is 16.5. The van der Waals surface area contributed by atoms with Gasteiger partial charge in [0.15, 0.2) is 11.5 Å². The highest BCUT2D eigenvalue weighted by Crippen LogP contribution is 2.00. The summed E-state index contributed by atoms with van der Waals surface area (Å²) in [5.41, 5.74) is -0.00443. The first-order valence-electron chi connectivity index (χ1n) is 4.21. The molecule has 2 aromatic rings. The third-order valence-corrected chi connectivity index (χ3v) is 1.73. The summed E-state index contributed by atoms with van der Waals surface area (Å²) in [6.07, 6.45) is 1.55. The fourth-order valence-electron chi connectivity index (χ4n) is 1.11. The molecule has 0 saturated heterocycles. The lowest BCUT2D eigenvalue weighted by molar-refractivity contribution is 0.0689. The maximum atomic E-state index is 10.5. The van der Waals surface area contributed by atoms with Crippen LogP contribution in [0.1, 0.15) is 22.2 Å². The molecule has 15 heavy (non-hydrogen) atoms. The maximum Gasteiger partial charge on any atom is 0.356 e. The van der Waals surface area contributed by atoms with Crippen molar-refractivity contribution >= 4 is 5.97 Å². The minimum absolute atomic E-state index is 0.00443. The quantitative estimate of drug-likeness (QED) is 0.780. The predicted octanol–water partition coefficient (Wildman–Crippen LogP) is 0.321. The largest absolute Gasteiger partial charge is 0.476 e. The first-order valence-corrected chi connectivity index (χ1v) is 4.21. The van der Waals surface area contributed by atoms with Gasteiger partial charge in [-0.05, 0) is 6.07 Å². The third kappa shape index (κ3) is 2.01. The van der Waals surface area contributed by atoms with E-state index >= 15 is 0 Å². The molecule has 0 aliphatic rings. The second-order valence-electron chi connectivity index (χ2n) is 2.93. The number of hydrogen-bond acceptors (Lipinski definition) is 5. The number of nitrogens with zero attached hydrogens (tertiary/aromatic N) is 4. The third-order valence-electron chi connectivity index (χ3n) is 1.73. The van der Waals surface area contributed by atoms with Crippen LogP contribution in [-0.4, -0.2) is 31.0 Å². The Hall–Kier alpha value is -2.18. The van der Waals surface area contributed by atoms with Crippen LogP contribution in [0.5, 0.6) is 0 Å². The van der Waals surface area contributed by atoms with Crippen LogP contribution in [0.3, 0.4) is 0 Å². The highest BCUT2D eigenvalue weighted by Gasteiger charge is 2.08. The summed E-state index contributed by atoms with van der Waals surface area (Å²) < 4.78 is 6.21. The lowest BCUT2D eigenvalue weighted by Gasteiger charge is -1.93. The molecule has 0 fully saturated rings. The van der Waals surface area contributed by atoms with Crippen molar-refractivity contribution in [2.45, 2.75) is 13.5 Å². The van der Waals surface area contributed by atoms with Crippen LogP contribution in [0, 0.1) is 6.92 Å². The number of aromatic nitrogens is 4. The van der Waals surface area contributed by atoms with E-state index in [1.165, 1.54) is 10.7 Å². The van der Waals surface area contributed by atoms with Crippen molar-refractivity contribution in [1.82, 2.24) is 19.9 Å². The van der Waals surface area contributed by atoms with Gasteiger partial charge in [0.2, 0.25) is 5.89 Å². The van der Waals surface area contributed by atoms with Crippen LogP contribution in [0.15, 0.2) is 16.8 Å². The van der Waals surface area contributed by atoms with E-state index in [9.17, 15) is 4.79 Å². The van der Waals surface area contributed by atoms with Crippen LogP contribution in [0.25, 0.3) is 0 Å². The molecular weight excluding hydrogens is 200 g/mol. The standard InChI is InChI=1S/C8H8N4O3/c1-5-9-7(11-15-5)4-12-3-2-6(10-12)8(13)14/h2-3H,4H2,1H3,(H,13,14). The molecule has 0 atom stereocenters. The van der Waals surface area contributed by atoms with E-state index in [4.69, 9.17) is 9.63 Å². The molecule has 1 N–H and O–H groups in total. The van der Waals surface area contributed by atoms with Gasteiger partial charge in [-0.2, -0.15) is 10.1 Å². The molecule has 0 spiro atoms. The second-order valence-corrected chi connectivity index (χ2v) is 2.93. The molecule has 0 aliphatic carbocycles. The molecule has 2 rings (SSSR count).